The van der Waals surface area contributed by atoms with E-state index in [1.54, 1.807) is 0 Å². The van der Waals surface area contributed by atoms with Crippen LogP contribution in [0, 0.1) is 6.92 Å². The Morgan fingerprint density at radius 2 is 1.32 bits per heavy atom. The van der Waals surface area contributed by atoms with Crippen LogP contribution in [0.2, 0.25) is 0 Å². The lowest BCUT2D eigenvalue weighted by Gasteiger charge is -2.05. The molecule has 2 heterocycles. The van der Waals surface area contributed by atoms with Crippen molar-refractivity contribution >= 4 is 21.8 Å². The highest BCUT2D eigenvalue weighted by Gasteiger charge is 2.03. The lowest BCUT2D eigenvalue weighted by molar-refractivity contribution is 1.04. The van der Waals surface area contributed by atoms with Crippen LogP contribution < -0.4 is 0 Å². The van der Waals surface area contributed by atoms with E-state index in [2.05, 4.69) is 61.5 Å². The number of aryl methyl sites for hydroxylation is 1. The zero-order valence-electron chi connectivity index (χ0n) is 12.5. The van der Waals surface area contributed by atoms with E-state index in [1.165, 1.54) is 16.3 Å². The van der Waals surface area contributed by atoms with Gasteiger partial charge in [-0.25, -0.2) is 0 Å². The van der Waals surface area contributed by atoms with Gasteiger partial charge in [0, 0.05) is 28.6 Å². The second kappa shape index (κ2) is 5.23. The minimum Gasteiger partial charge on any atom is -0.252 e. The standard InChI is InChI=1S/C20H16N2/c1-14-6-7-16-9-11-18(22-20(16)12-14)13-17-10-8-15-4-2-3-5-19(15)21-17/h2-12H,13H2,1H3. The third kappa shape index (κ3) is 2.44. The average Bonchev–Trinajstić information content (AvgIpc) is 2.54. The quantitative estimate of drug-likeness (QED) is 0.534. The van der Waals surface area contributed by atoms with Gasteiger partial charge in [-0.1, -0.05) is 42.5 Å². The van der Waals surface area contributed by atoms with E-state index < -0.39 is 0 Å². The summed E-state index contributed by atoms with van der Waals surface area (Å²) in [5, 5.41) is 2.36. The van der Waals surface area contributed by atoms with Crippen LogP contribution in [0.3, 0.4) is 0 Å². The smallest absolute Gasteiger partial charge is 0.0708 e. The Morgan fingerprint density at radius 3 is 2.14 bits per heavy atom. The number of pyridine rings is 2. The molecule has 0 amide bonds. The molecule has 0 unspecified atom stereocenters. The number of para-hydroxylation sites is 1. The Morgan fingerprint density at radius 1 is 0.682 bits per heavy atom. The summed E-state index contributed by atoms with van der Waals surface area (Å²) in [7, 11) is 0. The summed E-state index contributed by atoms with van der Waals surface area (Å²) >= 11 is 0. The van der Waals surface area contributed by atoms with Gasteiger partial charge >= 0.3 is 0 Å². The maximum Gasteiger partial charge on any atom is 0.0708 e. The SMILES string of the molecule is Cc1ccc2ccc(Cc3ccc4ccccc4n3)nc2c1. The molecule has 0 aliphatic rings. The largest absolute Gasteiger partial charge is 0.252 e. The summed E-state index contributed by atoms with van der Waals surface area (Å²) in [6.07, 6.45) is 0.759. The van der Waals surface area contributed by atoms with Crippen molar-refractivity contribution in [3.63, 3.8) is 0 Å². The summed E-state index contributed by atoms with van der Waals surface area (Å²) in [5.41, 5.74) is 5.44. The summed E-state index contributed by atoms with van der Waals surface area (Å²) in [4.78, 5) is 9.50. The van der Waals surface area contributed by atoms with Crippen LogP contribution in [0.1, 0.15) is 17.0 Å². The van der Waals surface area contributed by atoms with Crippen molar-refractivity contribution in [2.24, 2.45) is 0 Å². The first-order valence-electron chi connectivity index (χ1n) is 7.49. The number of benzene rings is 2. The summed E-state index contributed by atoms with van der Waals surface area (Å²) in [5.74, 6) is 0. The first kappa shape index (κ1) is 13.0. The van der Waals surface area contributed by atoms with Gasteiger partial charge in [-0.15, -0.1) is 0 Å². The molecule has 0 spiro atoms. The lowest BCUT2D eigenvalue weighted by atomic mass is 10.1. The van der Waals surface area contributed by atoms with Crippen LogP contribution in [-0.4, -0.2) is 9.97 Å². The van der Waals surface area contributed by atoms with Crippen molar-refractivity contribution in [3.8, 4) is 0 Å². The fourth-order valence-corrected chi connectivity index (χ4v) is 2.76. The van der Waals surface area contributed by atoms with Crippen molar-refractivity contribution < 1.29 is 0 Å². The molecular weight excluding hydrogens is 268 g/mol. The number of fused-ring (bicyclic) bond motifs is 2. The fraction of sp³-hybridized carbons (Fsp3) is 0.100. The molecule has 0 saturated carbocycles. The molecule has 2 aromatic carbocycles. The number of hydrogen-bond acceptors (Lipinski definition) is 2. The Hall–Kier alpha value is -2.74. The van der Waals surface area contributed by atoms with Gasteiger partial charge < -0.3 is 0 Å². The monoisotopic (exact) mass is 284 g/mol. The molecule has 0 atom stereocenters. The zero-order chi connectivity index (χ0) is 14.9. The van der Waals surface area contributed by atoms with Gasteiger partial charge in [0.25, 0.3) is 0 Å². The summed E-state index contributed by atoms with van der Waals surface area (Å²) < 4.78 is 0. The average molecular weight is 284 g/mol. The van der Waals surface area contributed by atoms with E-state index in [4.69, 9.17) is 9.97 Å². The van der Waals surface area contributed by atoms with Gasteiger partial charge in [0.05, 0.1) is 11.0 Å². The second-order valence-corrected chi connectivity index (χ2v) is 5.67. The van der Waals surface area contributed by atoms with Crippen molar-refractivity contribution in [3.05, 3.63) is 83.7 Å². The van der Waals surface area contributed by atoms with E-state index in [1.807, 2.05) is 12.1 Å². The zero-order valence-corrected chi connectivity index (χ0v) is 12.5. The van der Waals surface area contributed by atoms with Crippen molar-refractivity contribution in [1.82, 2.24) is 9.97 Å². The molecular formula is C20H16N2. The molecule has 0 bridgehead atoms. The molecule has 2 nitrogen and oxygen atoms in total. The van der Waals surface area contributed by atoms with Crippen LogP contribution >= 0.6 is 0 Å². The predicted molar refractivity (Wildman–Crippen MR) is 91.0 cm³/mol. The molecule has 22 heavy (non-hydrogen) atoms. The number of nitrogens with zero attached hydrogens (tertiary/aromatic N) is 2. The van der Waals surface area contributed by atoms with E-state index >= 15 is 0 Å². The molecule has 4 rings (SSSR count). The van der Waals surface area contributed by atoms with E-state index in [9.17, 15) is 0 Å². The van der Waals surface area contributed by atoms with Crippen molar-refractivity contribution in [1.29, 1.82) is 0 Å². The first-order valence-corrected chi connectivity index (χ1v) is 7.49. The highest BCUT2D eigenvalue weighted by Crippen LogP contribution is 2.17. The molecule has 2 heteroatoms. The van der Waals surface area contributed by atoms with Gasteiger partial charge in [0.1, 0.15) is 0 Å². The molecule has 0 N–H and O–H groups in total. The molecule has 0 radical (unpaired) electrons. The molecule has 4 aromatic rings. The molecule has 0 saturated heterocycles. The molecule has 106 valence electrons. The maximum atomic E-state index is 4.77. The Kier molecular flexibility index (Phi) is 3.08. The third-order valence-electron chi connectivity index (χ3n) is 3.92. The molecule has 0 aliphatic carbocycles. The lowest BCUT2D eigenvalue weighted by Crippen LogP contribution is -1.96. The second-order valence-electron chi connectivity index (χ2n) is 5.67. The Labute approximate surface area is 129 Å². The van der Waals surface area contributed by atoms with Crippen LogP contribution in [0.25, 0.3) is 21.8 Å². The number of rotatable bonds is 2. The van der Waals surface area contributed by atoms with Crippen LogP contribution in [0.15, 0.2) is 66.7 Å². The van der Waals surface area contributed by atoms with Crippen LogP contribution in [0.5, 0.6) is 0 Å². The fourth-order valence-electron chi connectivity index (χ4n) is 2.76. The van der Waals surface area contributed by atoms with E-state index in [0.29, 0.717) is 0 Å². The van der Waals surface area contributed by atoms with Gasteiger partial charge in [-0.2, -0.15) is 0 Å². The molecule has 0 aliphatic heterocycles. The maximum absolute atomic E-state index is 4.77. The van der Waals surface area contributed by atoms with Crippen molar-refractivity contribution in [2.45, 2.75) is 13.3 Å². The number of hydrogen-bond donors (Lipinski definition) is 0. The van der Waals surface area contributed by atoms with Gasteiger partial charge in [0.15, 0.2) is 0 Å². The molecule has 0 fully saturated rings. The highest BCUT2D eigenvalue weighted by molar-refractivity contribution is 5.80. The van der Waals surface area contributed by atoms with Crippen LogP contribution in [0.4, 0.5) is 0 Å². The van der Waals surface area contributed by atoms with E-state index in [-0.39, 0.29) is 0 Å². The number of aromatic nitrogens is 2. The van der Waals surface area contributed by atoms with Gasteiger partial charge in [0.2, 0.25) is 0 Å². The Bertz CT molecular complexity index is 973. The van der Waals surface area contributed by atoms with Crippen molar-refractivity contribution in [2.75, 3.05) is 0 Å². The van der Waals surface area contributed by atoms with Crippen LogP contribution in [-0.2, 0) is 6.42 Å². The summed E-state index contributed by atoms with van der Waals surface area (Å²) in [6, 6.07) is 23.0. The third-order valence-corrected chi connectivity index (χ3v) is 3.92. The molecule has 2 aromatic heterocycles. The summed E-state index contributed by atoms with van der Waals surface area (Å²) in [6.45, 7) is 2.10. The minimum absolute atomic E-state index is 0.759. The minimum atomic E-state index is 0.759. The predicted octanol–water partition coefficient (Wildman–Crippen LogP) is 4.68. The first-order chi connectivity index (χ1) is 10.8. The Balaban J connectivity index is 1.72. The normalized spacial score (nSPS) is 11.1. The topological polar surface area (TPSA) is 25.8 Å². The van der Waals surface area contributed by atoms with Gasteiger partial charge in [-0.3, -0.25) is 9.97 Å². The van der Waals surface area contributed by atoms with Gasteiger partial charge in [-0.05, 0) is 36.8 Å². The highest BCUT2D eigenvalue weighted by atomic mass is 14.7. The van der Waals surface area contributed by atoms with E-state index in [0.717, 1.165) is 28.8 Å².